The van der Waals surface area contributed by atoms with Crippen LogP contribution >= 0.6 is 0 Å². The Morgan fingerprint density at radius 2 is 1.21 bits per heavy atom. The Hall–Kier alpha value is -0.690. The summed E-state index contributed by atoms with van der Waals surface area (Å²) in [5.41, 5.74) is 0. The lowest BCUT2D eigenvalue weighted by Gasteiger charge is -2.41. The summed E-state index contributed by atoms with van der Waals surface area (Å²) in [5.74, 6) is -0.364. The van der Waals surface area contributed by atoms with E-state index in [0.717, 1.165) is 51.4 Å². The Labute approximate surface area is 171 Å². The van der Waals surface area contributed by atoms with E-state index >= 15 is 0 Å². The first-order chi connectivity index (χ1) is 13.7. The molecule has 1 aliphatic rings. The molecule has 6 nitrogen and oxygen atoms in total. The van der Waals surface area contributed by atoms with Crippen molar-refractivity contribution in [2.75, 3.05) is 33.0 Å². The zero-order valence-corrected chi connectivity index (χ0v) is 18.5. The number of carbonyl (C=O) groups is 1. The molecule has 1 unspecified atom stereocenters. The van der Waals surface area contributed by atoms with Gasteiger partial charge in [-0.25, -0.2) is 4.79 Å². The highest BCUT2D eigenvalue weighted by molar-refractivity contribution is 5.77. The average molecular weight is 403 g/mol. The van der Waals surface area contributed by atoms with Crippen molar-refractivity contribution in [1.29, 1.82) is 0 Å². The van der Waals surface area contributed by atoms with Gasteiger partial charge in [0.05, 0.1) is 6.61 Å². The molecular formula is C22H42O6. The Kier molecular flexibility index (Phi) is 14.6. The second-order valence-electron chi connectivity index (χ2n) is 7.43. The Balaban J connectivity index is 2.86. The molecule has 1 saturated heterocycles. The van der Waals surface area contributed by atoms with Crippen LogP contribution in [0.4, 0.5) is 0 Å². The molecule has 28 heavy (non-hydrogen) atoms. The molecule has 1 fully saturated rings. The first-order valence-electron chi connectivity index (χ1n) is 11.3. The number of unbranched alkanes of at least 4 members (excludes halogenated alkanes) is 4. The molecular weight excluding hydrogens is 360 g/mol. The molecule has 0 saturated carbocycles. The third-order valence-electron chi connectivity index (χ3n) is 4.82. The predicted octanol–water partition coefficient (Wildman–Crippen LogP) is 4.28. The summed E-state index contributed by atoms with van der Waals surface area (Å²) in [4.78, 5) is 12.7. The SMILES string of the molecule is CCCCOCC1OC(=O)[C@@H](OCCCC)[C@@H](OCCCC)[C@@H]1OCCCC. The molecule has 166 valence electrons. The maximum atomic E-state index is 12.7. The summed E-state index contributed by atoms with van der Waals surface area (Å²) in [7, 11) is 0. The fourth-order valence-electron chi connectivity index (χ4n) is 3.01. The fourth-order valence-corrected chi connectivity index (χ4v) is 3.01. The second kappa shape index (κ2) is 16.1. The number of rotatable bonds is 17. The molecule has 0 aromatic heterocycles. The lowest BCUT2D eigenvalue weighted by Crippen LogP contribution is -2.60. The van der Waals surface area contributed by atoms with Crippen LogP contribution in [0.5, 0.6) is 0 Å². The van der Waals surface area contributed by atoms with Crippen LogP contribution in [0.3, 0.4) is 0 Å². The summed E-state index contributed by atoms with van der Waals surface area (Å²) in [6.07, 6.45) is 5.91. The maximum Gasteiger partial charge on any atom is 0.338 e. The van der Waals surface area contributed by atoms with Crippen LogP contribution in [0.15, 0.2) is 0 Å². The third kappa shape index (κ3) is 9.21. The quantitative estimate of drug-likeness (QED) is 0.267. The van der Waals surface area contributed by atoms with Crippen molar-refractivity contribution in [3.8, 4) is 0 Å². The van der Waals surface area contributed by atoms with Gasteiger partial charge in [0, 0.05) is 26.4 Å². The van der Waals surface area contributed by atoms with Gasteiger partial charge in [0.15, 0.2) is 12.2 Å². The monoisotopic (exact) mass is 402 g/mol. The minimum absolute atomic E-state index is 0.331. The van der Waals surface area contributed by atoms with Crippen molar-refractivity contribution in [3.05, 3.63) is 0 Å². The molecule has 0 aliphatic carbocycles. The van der Waals surface area contributed by atoms with E-state index in [2.05, 4.69) is 27.7 Å². The summed E-state index contributed by atoms with van der Waals surface area (Å²) in [6.45, 7) is 11.2. The zero-order chi connectivity index (χ0) is 20.6. The summed E-state index contributed by atoms with van der Waals surface area (Å²) in [5, 5.41) is 0. The van der Waals surface area contributed by atoms with Gasteiger partial charge in [0.25, 0.3) is 0 Å². The van der Waals surface area contributed by atoms with Crippen LogP contribution in [0.25, 0.3) is 0 Å². The molecule has 1 rings (SSSR count). The molecule has 0 aromatic carbocycles. The molecule has 6 heteroatoms. The van der Waals surface area contributed by atoms with E-state index in [4.69, 9.17) is 23.7 Å². The van der Waals surface area contributed by atoms with Gasteiger partial charge in [0.1, 0.15) is 12.2 Å². The zero-order valence-electron chi connectivity index (χ0n) is 18.5. The molecule has 4 atom stereocenters. The molecule has 1 aliphatic heterocycles. The van der Waals surface area contributed by atoms with Crippen LogP contribution in [0.1, 0.15) is 79.1 Å². The van der Waals surface area contributed by atoms with Gasteiger partial charge in [-0.1, -0.05) is 53.4 Å². The number of ether oxygens (including phenoxy) is 5. The van der Waals surface area contributed by atoms with E-state index in [0.29, 0.717) is 33.0 Å². The molecule has 0 bridgehead atoms. The Morgan fingerprint density at radius 1 is 0.714 bits per heavy atom. The molecule has 1 heterocycles. The van der Waals surface area contributed by atoms with Crippen molar-refractivity contribution in [2.24, 2.45) is 0 Å². The minimum Gasteiger partial charge on any atom is -0.455 e. The van der Waals surface area contributed by atoms with Gasteiger partial charge >= 0.3 is 5.97 Å². The van der Waals surface area contributed by atoms with E-state index in [-0.39, 0.29) is 12.1 Å². The molecule has 0 spiro atoms. The largest absolute Gasteiger partial charge is 0.455 e. The number of hydrogen-bond donors (Lipinski definition) is 0. The minimum atomic E-state index is -0.734. The highest BCUT2D eigenvalue weighted by Gasteiger charge is 2.48. The smallest absolute Gasteiger partial charge is 0.338 e. The van der Waals surface area contributed by atoms with Crippen molar-refractivity contribution in [1.82, 2.24) is 0 Å². The van der Waals surface area contributed by atoms with Crippen LogP contribution < -0.4 is 0 Å². The van der Waals surface area contributed by atoms with Gasteiger partial charge in [-0.15, -0.1) is 0 Å². The van der Waals surface area contributed by atoms with Crippen molar-refractivity contribution >= 4 is 5.97 Å². The topological polar surface area (TPSA) is 63.2 Å². The Bertz CT molecular complexity index is 389. The van der Waals surface area contributed by atoms with Gasteiger partial charge in [0.2, 0.25) is 0 Å². The normalized spacial score (nSPS) is 25.1. The first kappa shape index (κ1) is 25.3. The van der Waals surface area contributed by atoms with Gasteiger partial charge in [-0.05, 0) is 25.7 Å². The highest BCUT2D eigenvalue weighted by Crippen LogP contribution is 2.26. The lowest BCUT2D eigenvalue weighted by atomic mass is 9.98. The lowest BCUT2D eigenvalue weighted by molar-refractivity contribution is -0.233. The van der Waals surface area contributed by atoms with E-state index in [1.165, 1.54) is 0 Å². The standard InChI is InChI=1S/C22H42O6/c1-5-9-13-24-17-18-19(25-14-10-6-2)20(26-15-11-7-3)21(22(23)28-18)27-16-12-8-4/h18-21H,5-17H2,1-4H3/t18?,19-,20+,21+/m1/s1. The van der Waals surface area contributed by atoms with Crippen molar-refractivity contribution in [2.45, 2.75) is 103 Å². The number of esters is 1. The van der Waals surface area contributed by atoms with E-state index < -0.39 is 18.3 Å². The molecule has 0 radical (unpaired) electrons. The average Bonchev–Trinajstić information content (AvgIpc) is 2.69. The predicted molar refractivity (Wildman–Crippen MR) is 110 cm³/mol. The Morgan fingerprint density at radius 3 is 1.79 bits per heavy atom. The first-order valence-corrected chi connectivity index (χ1v) is 11.3. The summed E-state index contributed by atoms with van der Waals surface area (Å²) < 4.78 is 29.6. The fraction of sp³-hybridized carbons (Fsp3) is 0.955. The van der Waals surface area contributed by atoms with Crippen LogP contribution in [-0.2, 0) is 28.5 Å². The second-order valence-corrected chi connectivity index (χ2v) is 7.43. The maximum absolute atomic E-state index is 12.7. The molecule has 0 amide bonds. The van der Waals surface area contributed by atoms with E-state index in [1.807, 2.05) is 0 Å². The van der Waals surface area contributed by atoms with Crippen LogP contribution in [-0.4, -0.2) is 63.4 Å². The summed E-state index contributed by atoms with van der Waals surface area (Å²) in [6, 6.07) is 0. The number of cyclic esters (lactones) is 1. The van der Waals surface area contributed by atoms with Crippen molar-refractivity contribution < 1.29 is 28.5 Å². The van der Waals surface area contributed by atoms with Gasteiger partial charge < -0.3 is 23.7 Å². The number of hydrogen-bond acceptors (Lipinski definition) is 6. The molecule has 0 N–H and O–H groups in total. The van der Waals surface area contributed by atoms with Gasteiger partial charge in [-0.2, -0.15) is 0 Å². The van der Waals surface area contributed by atoms with Crippen LogP contribution in [0.2, 0.25) is 0 Å². The summed E-state index contributed by atoms with van der Waals surface area (Å²) >= 11 is 0. The van der Waals surface area contributed by atoms with E-state index in [1.54, 1.807) is 0 Å². The highest BCUT2D eigenvalue weighted by atomic mass is 16.6. The number of carbonyl (C=O) groups excluding carboxylic acids is 1. The third-order valence-corrected chi connectivity index (χ3v) is 4.82. The van der Waals surface area contributed by atoms with E-state index in [9.17, 15) is 4.79 Å². The van der Waals surface area contributed by atoms with Gasteiger partial charge in [-0.3, -0.25) is 0 Å². The van der Waals surface area contributed by atoms with Crippen LogP contribution in [0, 0.1) is 0 Å². The van der Waals surface area contributed by atoms with Crippen molar-refractivity contribution in [3.63, 3.8) is 0 Å². The molecule has 0 aromatic rings.